The zero-order valence-electron chi connectivity index (χ0n) is 12.4. The van der Waals surface area contributed by atoms with Crippen molar-refractivity contribution in [1.29, 1.82) is 0 Å². The first-order valence-electron chi connectivity index (χ1n) is 7.31. The Morgan fingerprint density at radius 2 is 1.12 bits per heavy atom. The van der Waals surface area contributed by atoms with Gasteiger partial charge in [0.1, 0.15) is 0 Å². The first kappa shape index (κ1) is 16.4. The van der Waals surface area contributed by atoms with Crippen LogP contribution in [0.4, 0.5) is 0 Å². The molecule has 16 heavy (non-hydrogen) atoms. The molecule has 0 aromatic rings. The summed E-state index contributed by atoms with van der Waals surface area (Å²) < 4.78 is 0. The van der Waals surface area contributed by atoms with Crippen molar-refractivity contribution in [1.82, 2.24) is 0 Å². The zero-order valence-corrected chi connectivity index (χ0v) is 13.3. The number of hydrogen-bond donors (Lipinski definition) is 0. The molecule has 0 heterocycles. The molecule has 98 valence electrons. The molecular formula is C15H33P. The molecule has 1 heteroatoms. The van der Waals surface area contributed by atoms with E-state index in [2.05, 4.69) is 41.5 Å². The Morgan fingerprint density at radius 1 is 0.750 bits per heavy atom. The maximum Gasteiger partial charge on any atom is -0.0233 e. The Kier molecular flexibility index (Phi) is 9.71. The second-order valence-electron chi connectivity index (χ2n) is 5.52. The lowest BCUT2D eigenvalue weighted by molar-refractivity contribution is 0.672. The number of hydrogen-bond acceptors (Lipinski definition) is 0. The summed E-state index contributed by atoms with van der Waals surface area (Å²) in [4.78, 5) is 0. The summed E-state index contributed by atoms with van der Waals surface area (Å²) in [6.45, 7) is 14.5. The Labute approximate surface area is 105 Å². The van der Waals surface area contributed by atoms with E-state index in [0.717, 1.165) is 17.0 Å². The summed E-state index contributed by atoms with van der Waals surface area (Å²) in [6, 6.07) is 0. The van der Waals surface area contributed by atoms with Gasteiger partial charge >= 0.3 is 0 Å². The zero-order chi connectivity index (χ0) is 12.6. The molecule has 0 N–H and O–H groups in total. The highest BCUT2D eigenvalue weighted by atomic mass is 31.1. The highest BCUT2D eigenvalue weighted by Gasteiger charge is 2.24. The van der Waals surface area contributed by atoms with Crippen molar-refractivity contribution in [3.8, 4) is 0 Å². The molecule has 0 fully saturated rings. The van der Waals surface area contributed by atoms with Crippen LogP contribution in [0.2, 0.25) is 0 Å². The second-order valence-corrected chi connectivity index (χ2v) is 9.21. The van der Waals surface area contributed by atoms with Crippen LogP contribution in [-0.4, -0.2) is 17.0 Å². The van der Waals surface area contributed by atoms with E-state index in [9.17, 15) is 0 Å². The van der Waals surface area contributed by atoms with Gasteiger partial charge in [0.15, 0.2) is 0 Å². The van der Waals surface area contributed by atoms with E-state index in [0.29, 0.717) is 0 Å². The molecular weight excluding hydrogens is 211 g/mol. The topological polar surface area (TPSA) is 0 Å². The van der Waals surface area contributed by atoms with E-state index in [1.807, 2.05) is 0 Å². The number of unbranched alkanes of at least 4 members (excludes halogenated alkanes) is 2. The fourth-order valence-corrected chi connectivity index (χ4v) is 6.62. The van der Waals surface area contributed by atoms with Crippen molar-refractivity contribution in [2.24, 2.45) is 0 Å². The average molecular weight is 244 g/mol. The first-order chi connectivity index (χ1) is 7.54. The maximum absolute atomic E-state index is 2.50. The van der Waals surface area contributed by atoms with Gasteiger partial charge in [-0.05, 0) is 29.8 Å². The highest BCUT2D eigenvalue weighted by molar-refractivity contribution is 7.59. The van der Waals surface area contributed by atoms with E-state index < -0.39 is 0 Å². The van der Waals surface area contributed by atoms with E-state index >= 15 is 0 Å². The largest absolute Gasteiger partial charge is 0.0983 e. The summed E-state index contributed by atoms with van der Waals surface area (Å²) in [7, 11) is 0.235. The Morgan fingerprint density at radius 3 is 1.38 bits per heavy atom. The van der Waals surface area contributed by atoms with Crippen LogP contribution in [0.1, 0.15) is 80.1 Å². The van der Waals surface area contributed by atoms with E-state index in [-0.39, 0.29) is 7.92 Å². The Hall–Kier alpha value is 0.430. The SMILES string of the molecule is CCCCC(C)P(C(C)C)C(C)CCCC. The molecule has 0 saturated heterocycles. The van der Waals surface area contributed by atoms with Crippen molar-refractivity contribution in [3.05, 3.63) is 0 Å². The molecule has 0 aromatic carbocycles. The minimum Gasteiger partial charge on any atom is -0.0983 e. The van der Waals surface area contributed by atoms with Gasteiger partial charge < -0.3 is 0 Å². The molecule has 0 nitrogen and oxygen atoms in total. The smallest absolute Gasteiger partial charge is 0.0233 e. The van der Waals surface area contributed by atoms with Crippen LogP contribution in [0.3, 0.4) is 0 Å². The molecule has 0 aromatic heterocycles. The molecule has 0 radical (unpaired) electrons. The third-order valence-electron chi connectivity index (χ3n) is 3.57. The van der Waals surface area contributed by atoms with Gasteiger partial charge in [-0.25, -0.2) is 0 Å². The monoisotopic (exact) mass is 244 g/mol. The van der Waals surface area contributed by atoms with E-state index in [1.165, 1.54) is 38.5 Å². The summed E-state index contributed by atoms with van der Waals surface area (Å²) in [5.74, 6) is 0. The second kappa shape index (κ2) is 9.46. The molecule has 0 rings (SSSR count). The lowest BCUT2D eigenvalue weighted by Gasteiger charge is -2.34. The van der Waals surface area contributed by atoms with Crippen LogP contribution in [-0.2, 0) is 0 Å². The van der Waals surface area contributed by atoms with Crippen LogP contribution in [0, 0.1) is 0 Å². The van der Waals surface area contributed by atoms with Gasteiger partial charge in [-0.2, -0.15) is 0 Å². The minimum atomic E-state index is 0.235. The predicted octanol–water partition coefficient (Wildman–Crippen LogP) is 6.03. The predicted molar refractivity (Wildman–Crippen MR) is 80.0 cm³/mol. The normalized spacial score (nSPS) is 17.4. The standard InChI is InChI=1S/C15H33P/c1-7-9-11-14(5)16(13(3)4)15(6)12-10-8-2/h13-15H,7-12H2,1-6H3. The molecule has 0 aliphatic rings. The van der Waals surface area contributed by atoms with Gasteiger partial charge in [-0.1, -0.05) is 75.1 Å². The highest BCUT2D eigenvalue weighted by Crippen LogP contribution is 2.53. The third kappa shape index (κ3) is 6.24. The molecule has 2 unspecified atom stereocenters. The van der Waals surface area contributed by atoms with Crippen molar-refractivity contribution in [3.63, 3.8) is 0 Å². The fraction of sp³-hybridized carbons (Fsp3) is 1.00. The summed E-state index contributed by atoms with van der Waals surface area (Å²) in [6.07, 6.45) is 8.47. The molecule has 0 saturated carbocycles. The molecule has 0 amide bonds. The van der Waals surface area contributed by atoms with Crippen molar-refractivity contribution < 1.29 is 0 Å². The summed E-state index contributed by atoms with van der Waals surface area (Å²) >= 11 is 0. The fourth-order valence-electron chi connectivity index (χ4n) is 2.75. The van der Waals surface area contributed by atoms with Gasteiger partial charge in [0, 0.05) is 0 Å². The van der Waals surface area contributed by atoms with Crippen LogP contribution in [0.15, 0.2) is 0 Å². The van der Waals surface area contributed by atoms with Crippen LogP contribution < -0.4 is 0 Å². The molecule has 2 atom stereocenters. The molecule has 0 aliphatic carbocycles. The van der Waals surface area contributed by atoms with Crippen molar-refractivity contribution in [2.75, 3.05) is 0 Å². The van der Waals surface area contributed by atoms with Crippen molar-refractivity contribution >= 4 is 7.92 Å². The Bertz CT molecular complexity index is 140. The summed E-state index contributed by atoms with van der Waals surface area (Å²) in [5, 5.41) is 0. The lowest BCUT2D eigenvalue weighted by atomic mass is 10.2. The Balaban J connectivity index is 4.23. The van der Waals surface area contributed by atoms with Crippen molar-refractivity contribution in [2.45, 2.75) is 97.0 Å². The molecule has 0 aliphatic heterocycles. The van der Waals surface area contributed by atoms with Gasteiger partial charge in [0.25, 0.3) is 0 Å². The maximum atomic E-state index is 2.50. The van der Waals surface area contributed by atoms with Gasteiger partial charge in [0.05, 0.1) is 0 Å². The van der Waals surface area contributed by atoms with Crippen LogP contribution in [0.5, 0.6) is 0 Å². The molecule has 0 bridgehead atoms. The van der Waals surface area contributed by atoms with Gasteiger partial charge in [-0.3, -0.25) is 0 Å². The number of rotatable bonds is 9. The lowest BCUT2D eigenvalue weighted by Crippen LogP contribution is -2.16. The van der Waals surface area contributed by atoms with Gasteiger partial charge in [0.2, 0.25) is 0 Å². The van der Waals surface area contributed by atoms with E-state index in [4.69, 9.17) is 0 Å². The minimum absolute atomic E-state index is 0.235. The average Bonchev–Trinajstić information content (AvgIpc) is 2.23. The van der Waals surface area contributed by atoms with Gasteiger partial charge in [-0.15, -0.1) is 0 Å². The first-order valence-corrected chi connectivity index (χ1v) is 8.86. The van der Waals surface area contributed by atoms with E-state index in [1.54, 1.807) is 0 Å². The summed E-state index contributed by atoms with van der Waals surface area (Å²) in [5.41, 5.74) is 2.86. The molecule has 0 spiro atoms. The van der Waals surface area contributed by atoms with Crippen LogP contribution >= 0.6 is 7.92 Å². The third-order valence-corrected chi connectivity index (χ3v) is 7.31. The quantitative estimate of drug-likeness (QED) is 0.434. The van der Waals surface area contributed by atoms with Crippen LogP contribution in [0.25, 0.3) is 0 Å².